The number of thiophene rings is 1. The van der Waals surface area contributed by atoms with Crippen molar-refractivity contribution in [2.45, 2.75) is 0 Å². The number of furan rings is 1. The van der Waals surface area contributed by atoms with Crippen molar-refractivity contribution in [1.29, 1.82) is 0 Å². The molecule has 0 unspecified atom stereocenters. The Balaban J connectivity index is 1.18. The summed E-state index contributed by atoms with van der Waals surface area (Å²) in [5.41, 5.74) is 9.06. The summed E-state index contributed by atoms with van der Waals surface area (Å²) in [7, 11) is 0. The third kappa shape index (κ3) is 4.53. The van der Waals surface area contributed by atoms with Gasteiger partial charge in [0.15, 0.2) is 11.4 Å². The van der Waals surface area contributed by atoms with Crippen LogP contribution in [0.4, 0.5) is 0 Å². The van der Waals surface area contributed by atoms with Gasteiger partial charge in [-0.1, -0.05) is 158 Å². The Morgan fingerprint density at radius 3 is 1.89 bits per heavy atom. The molecule has 0 radical (unpaired) electrons. The molecule has 14 rings (SSSR count). The largest absolute Gasteiger partial charge is 0.454 e. The van der Waals surface area contributed by atoms with Gasteiger partial charge < -0.3 is 8.98 Å². The standard InChI is InChI=1S/C56H31N3OS/c1-2-16-34(17-3-1)50-43-29-27-32-14-4-6-18-35(32)51(43)58-56(57-50)42-30-31-44(55-49(42)40-23-11-13-25-46(40)61-55)59-52-36-19-7-5-15-33(36)26-28-41(52)47-37-20-8-9-21-38(37)48-39-22-10-12-24-45(39)60-54(48)53(47)59/h1-31H. The number of aromatic nitrogens is 3. The molecule has 0 saturated heterocycles. The van der Waals surface area contributed by atoms with Crippen LogP contribution in [0.25, 0.3) is 135 Å². The maximum Gasteiger partial charge on any atom is 0.161 e. The fourth-order valence-electron chi connectivity index (χ4n) is 10.2. The Labute approximate surface area is 352 Å². The minimum atomic E-state index is 0.709. The molecule has 0 N–H and O–H groups in total. The van der Waals surface area contributed by atoms with Gasteiger partial charge in [-0.25, -0.2) is 9.97 Å². The molecule has 61 heavy (non-hydrogen) atoms. The van der Waals surface area contributed by atoms with Crippen LogP contribution >= 0.6 is 11.3 Å². The van der Waals surface area contributed by atoms with Crippen LogP contribution in [0.2, 0.25) is 0 Å². The summed E-state index contributed by atoms with van der Waals surface area (Å²) in [5.74, 6) is 0.709. The van der Waals surface area contributed by atoms with Crippen molar-refractivity contribution >= 4 is 118 Å². The van der Waals surface area contributed by atoms with Crippen molar-refractivity contribution in [2.24, 2.45) is 0 Å². The molecule has 4 heterocycles. The molecule has 0 bridgehead atoms. The van der Waals surface area contributed by atoms with Gasteiger partial charge >= 0.3 is 0 Å². The van der Waals surface area contributed by atoms with E-state index in [9.17, 15) is 0 Å². The van der Waals surface area contributed by atoms with Gasteiger partial charge in [0.2, 0.25) is 0 Å². The lowest BCUT2D eigenvalue weighted by atomic mass is 9.98. The summed E-state index contributed by atoms with van der Waals surface area (Å²) in [5, 5.41) is 15.1. The van der Waals surface area contributed by atoms with Crippen molar-refractivity contribution in [2.75, 3.05) is 0 Å². The highest BCUT2D eigenvalue weighted by Gasteiger charge is 2.27. The fourth-order valence-corrected chi connectivity index (χ4v) is 11.4. The smallest absolute Gasteiger partial charge is 0.161 e. The Morgan fingerprint density at radius 2 is 1.07 bits per heavy atom. The third-order valence-corrected chi connectivity index (χ3v) is 13.9. The molecular formula is C56H31N3OS. The van der Waals surface area contributed by atoms with Crippen molar-refractivity contribution in [1.82, 2.24) is 14.5 Å². The van der Waals surface area contributed by atoms with Gasteiger partial charge in [0.25, 0.3) is 0 Å². The number of fused-ring (bicyclic) bond motifs is 18. The quantitative estimate of drug-likeness (QED) is 0.167. The molecule has 4 nitrogen and oxygen atoms in total. The average molecular weight is 794 g/mol. The summed E-state index contributed by atoms with van der Waals surface area (Å²) in [6, 6.07) is 67.4. The molecule has 4 aromatic heterocycles. The lowest BCUT2D eigenvalue weighted by Crippen LogP contribution is -1.99. The van der Waals surface area contributed by atoms with Crippen LogP contribution in [0.15, 0.2) is 192 Å². The molecule has 5 heteroatoms. The van der Waals surface area contributed by atoms with Crippen LogP contribution in [0, 0.1) is 0 Å². The second-order valence-electron chi connectivity index (χ2n) is 16.0. The van der Waals surface area contributed by atoms with E-state index < -0.39 is 0 Å². The Hall–Kier alpha value is -7.86. The zero-order valence-electron chi connectivity index (χ0n) is 32.6. The van der Waals surface area contributed by atoms with E-state index in [0.29, 0.717) is 5.82 Å². The van der Waals surface area contributed by atoms with E-state index in [1.54, 1.807) is 0 Å². The molecule has 0 atom stereocenters. The highest BCUT2D eigenvalue weighted by Crippen LogP contribution is 2.50. The summed E-state index contributed by atoms with van der Waals surface area (Å²) in [6.45, 7) is 0. The van der Waals surface area contributed by atoms with Crippen LogP contribution in [0.5, 0.6) is 0 Å². The van der Waals surface area contributed by atoms with Crippen LogP contribution in [-0.4, -0.2) is 14.5 Å². The molecule has 282 valence electrons. The van der Waals surface area contributed by atoms with Crippen molar-refractivity contribution in [3.8, 4) is 28.3 Å². The van der Waals surface area contributed by atoms with Crippen molar-refractivity contribution in [3.05, 3.63) is 188 Å². The molecule has 0 saturated carbocycles. The van der Waals surface area contributed by atoms with Gasteiger partial charge in [0.05, 0.1) is 32.6 Å². The average Bonchev–Trinajstić information content (AvgIpc) is 4.02. The van der Waals surface area contributed by atoms with E-state index >= 15 is 0 Å². The minimum absolute atomic E-state index is 0.709. The number of nitrogens with zero attached hydrogens (tertiary/aromatic N) is 3. The number of rotatable bonds is 3. The highest BCUT2D eigenvalue weighted by atomic mass is 32.1. The van der Waals surface area contributed by atoms with Crippen molar-refractivity contribution < 1.29 is 4.42 Å². The Morgan fingerprint density at radius 1 is 0.426 bits per heavy atom. The van der Waals surface area contributed by atoms with Gasteiger partial charge in [-0.05, 0) is 51.9 Å². The van der Waals surface area contributed by atoms with Crippen molar-refractivity contribution in [3.63, 3.8) is 0 Å². The molecule has 0 spiro atoms. The third-order valence-electron chi connectivity index (χ3n) is 12.8. The first-order chi connectivity index (χ1) is 30.3. The normalized spacial score (nSPS) is 12.3. The summed E-state index contributed by atoms with van der Waals surface area (Å²) < 4.78 is 11.9. The van der Waals surface area contributed by atoms with Gasteiger partial charge in [-0.3, -0.25) is 0 Å². The summed E-state index contributed by atoms with van der Waals surface area (Å²) in [6.07, 6.45) is 0. The number of hydrogen-bond donors (Lipinski definition) is 0. The minimum Gasteiger partial charge on any atom is -0.454 e. The van der Waals surface area contributed by atoms with E-state index in [1.807, 2.05) is 11.3 Å². The van der Waals surface area contributed by atoms with Gasteiger partial charge in [0.1, 0.15) is 5.58 Å². The van der Waals surface area contributed by atoms with E-state index in [2.05, 4.69) is 193 Å². The second kappa shape index (κ2) is 12.3. The van der Waals surface area contributed by atoms with Gasteiger partial charge in [-0.15, -0.1) is 11.3 Å². The lowest BCUT2D eigenvalue weighted by Gasteiger charge is -2.15. The zero-order chi connectivity index (χ0) is 39.8. The molecule has 0 aliphatic carbocycles. The summed E-state index contributed by atoms with van der Waals surface area (Å²) in [4.78, 5) is 11.0. The predicted molar refractivity (Wildman–Crippen MR) is 257 cm³/mol. The van der Waals surface area contributed by atoms with Gasteiger partial charge in [-0.2, -0.15) is 0 Å². The molecule has 0 aliphatic heterocycles. The number of benzene rings is 10. The second-order valence-corrected chi connectivity index (χ2v) is 17.0. The van der Waals surface area contributed by atoms with Crippen LogP contribution < -0.4 is 0 Å². The first-order valence-electron chi connectivity index (χ1n) is 20.7. The molecule has 0 aliphatic rings. The number of hydrogen-bond acceptors (Lipinski definition) is 4. The first kappa shape index (κ1) is 33.0. The zero-order valence-corrected chi connectivity index (χ0v) is 33.4. The van der Waals surface area contributed by atoms with Gasteiger partial charge in [0, 0.05) is 64.3 Å². The first-order valence-corrected chi connectivity index (χ1v) is 21.5. The van der Waals surface area contributed by atoms with E-state index in [1.165, 1.54) is 47.1 Å². The van der Waals surface area contributed by atoms with E-state index in [4.69, 9.17) is 14.4 Å². The molecule has 14 aromatic rings. The highest BCUT2D eigenvalue weighted by molar-refractivity contribution is 7.26. The van der Waals surface area contributed by atoms with Crippen LogP contribution in [0.1, 0.15) is 0 Å². The molecule has 0 amide bonds. The fraction of sp³-hybridized carbons (Fsp3) is 0. The maximum atomic E-state index is 7.04. The molecular weight excluding hydrogens is 763 g/mol. The molecule has 0 fully saturated rings. The Kier molecular flexibility index (Phi) is 6.68. The van der Waals surface area contributed by atoms with Crippen LogP contribution in [-0.2, 0) is 0 Å². The van der Waals surface area contributed by atoms with E-state index in [-0.39, 0.29) is 0 Å². The lowest BCUT2D eigenvalue weighted by molar-refractivity contribution is 0.671. The summed E-state index contributed by atoms with van der Waals surface area (Å²) >= 11 is 1.83. The SMILES string of the molecule is c1ccc(-c2nc(-c3ccc(-n4c5c6ccccc6ccc5c5c6ccccc6c6c7ccccc7oc6c54)c4sc5ccccc5c34)nc3c2ccc2ccccc23)cc1. The predicted octanol–water partition coefficient (Wildman–Crippen LogP) is 15.8. The van der Waals surface area contributed by atoms with Crippen LogP contribution in [0.3, 0.4) is 0 Å². The molecule has 10 aromatic carbocycles. The maximum absolute atomic E-state index is 7.04. The number of para-hydroxylation sites is 1. The monoisotopic (exact) mass is 793 g/mol. The van der Waals surface area contributed by atoms with E-state index in [0.717, 1.165) is 82.5 Å². The Bertz CT molecular complexity index is 4180. The topological polar surface area (TPSA) is 43.9 Å².